The van der Waals surface area contributed by atoms with Gasteiger partial charge in [-0.15, -0.1) is 0 Å². The van der Waals surface area contributed by atoms with Gasteiger partial charge in [0.2, 0.25) is 11.7 Å². The second-order valence-corrected chi connectivity index (χ2v) is 4.66. The van der Waals surface area contributed by atoms with Crippen molar-refractivity contribution < 1.29 is 9.26 Å². The Morgan fingerprint density at radius 1 is 1.42 bits per heavy atom. The molecule has 0 bridgehead atoms. The van der Waals surface area contributed by atoms with Crippen molar-refractivity contribution in [2.75, 3.05) is 7.05 Å². The van der Waals surface area contributed by atoms with Gasteiger partial charge >= 0.3 is 0 Å². The van der Waals surface area contributed by atoms with E-state index >= 15 is 0 Å². The Hall–Kier alpha value is -1.88. The normalized spacial score (nSPS) is 18.9. The van der Waals surface area contributed by atoms with Gasteiger partial charge in [-0.1, -0.05) is 30.3 Å². The first kappa shape index (κ1) is 12.2. The molecule has 2 aromatic rings. The van der Waals surface area contributed by atoms with Crippen LogP contribution in [0.25, 0.3) is 0 Å². The standard InChI is InChI=1S/C14H17N3O2/c1-3-10(15-2)14-16-13(17-19-14)12-8-9-6-4-5-7-11(9)18-12/h4-7,10,12,15H,3,8H2,1-2H3. The second-order valence-electron chi connectivity index (χ2n) is 4.66. The van der Waals surface area contributed by atoms with Crippen molar-refractivity contribution in [3.8, 4) is 5.75 Å². The van der Waals surface area contributed by atoms with E-state index in [-0.39, 0.29) is 12.1 Å². The van der Waals surface area contributed by atoms with Crippen molar-refractivity contribution in [3.63, 3.8) is 0 Å². The molecule has 100 valence electrons. The summed E-state index contributed by atoms with van der Waals surface area (Å²) in [6.07, 6.45) is 1.57. The Bertz CT molecular complexity index is 538. The topological polar surface area (TPSA) is 60.2 Å². The number of para-hydroxylation sites is 1. The van der Waals surface area contributed by atoms with Crippen LogP contribution in [0.4, 0.5) is 0 Å². The van der Waals surface area contributed by atoms with E-state index in [1.165, 1.54) is 5.56 Å². The van der Waals surface area contributed by atoms with Crippen LogP contribution in [0.1, 0.15) is 42.8 Å². The third kappa shape index (κ3) is 2.21. The Balaban J connectivity index is 1.79. The summed E-state index contributed by atoms with van der Waals surface area (Å²) in [7, 11) is 1.89. The zero-order valence-corrected chi connectivity index (χ0v) is 11.1. The van der Waals surface area contributed by atoms with Crippen LogP contribution in [0.5, 0.6) is 5.75 Å². The summed E-state index contributed by atoms with van der Waals surface area (Å²) in [5.41, 5.74) is 1.19. The van der Waals surface area contributed by atoms with Crippen LogP contribution in [0.3, 0.4) is 0 Å². The second kappa shape index (κ2) is 5.01. The number of aromatic nitrogens is 2. The molecule has 5 nitrogen and oxygen atoms in total. The minimum Gasteiger partial charge on any atom is -0.482 e. The highest BCUT2D eigenvalue weighted by molar-refractivity contribution is 5.37. The maximum Gasteiger partial charge on any atom is 0.243 e. The summed E-state index contributed by atoms with van der Waals surface area (Å²) in [5.74, 6) is 2.17. The maximum absolute atomic E-state index is 5.85. The molecule has 5 heteroatoms. The number of hydrogen-bond acceptors (Lipinski definition) is 5. The van der Waals surface area contributed by atoms with Crippen LogP contribution in [0, 0.1) is 0 Å². The number of rotatable bonds is 4. The zero-order valence-electron chi connectivity index (χ0n) is 11.1. The van der Waals surface area contributed by atoms with Crippen LogP contribution in [-0.2, 0) is 6.42 Å². The van der Waals surface area contributed by atoms with Crippen molar-refractivity contribution in [1.29, 1.82) is 0 Å². The third-order valence-corrected chi connectivity index (χ3v) is 3.45. The van der Waals surface area contributed by atoms with Crippen LogP contribution in [0.2, 0.25) is 0 Å². The molecule has 1 aromatic carbocycles. The molecular weight excluding hydrogens is 242 g/mol. The highest BCUT2D eigenvalue weighted by atomic mass is 16.5. The van der Waals surface area contributed by atoms with Crippen molar-refractivity contribution in [2.24, 2.45) is 0 Å². The fraction of sp³-hybridized carbons (Fsp3) is 0.429. The predicted molar refractivity (Wildman–Crippen MR) is 69.9 cm³/mol. The molecule has 0 saturated carbocycles. The lowest BCUT2D eigenvalue weighted by Gasteiger charge is -2.07. The lowest BCUT2D eigenvalue weighted by molar-refractivity contribution is 0.220. The SMILES string of the molecule is CCC(NC)c1nc(C2Cc3ccccc3O2)no1. The average Bonchev–Trinajstić information content (AvgIpc) is 3.06. The molecule has 0 fully saturated rings. The molecule has 19 heavy (non-hydrogen) atoms. The third-order valence-electron chi connectivity index (χ3n) is 3.45. The van der Waals surface area contributed by atoms with Gasteiger partial charge in [-0.05, 0) is 25.1 Å². The molecule has 1 N–H and O–H groups in total. The Labute approximate surface area is 112 Å². The fourth-order valence-electron chi connectivity index (χ4n) is 2.35. The number of ether oxygens (including phenoxy) is 1. The van der Waals surface area contributed by atoms with Crippen molar-refractivity contribution in [3.05, 3.63) is 41.5 Å². The molecule has 0 aliphatic carbocycles. The van der Waals surface area contributed by atoms with E-state index in [1.807, 2.05) is 25.2 Å². The Morgan fingerprint density at radius 3 is 3.00 bits per heavy atom. The summed E-state index contributed by atoms with van der Waals surface area (Å²) in [6.45, 7) is 2.08. The number of nitrogens with zero attached hydrogens (tertiary/aromatic N) is 2. The monoisotopic (exact) mass is 259 g/mol. The quantitative estimate of drug-likeness (QED) is 0.913. The lowest BCUT2D eigenvalue weighted by atomic mass is 10.1. The van der Waals surface area contributed by atoms with E-state index in [2.05, 4.69) is 28.4 Å². The molecule has 1 aromatic heterocycles. The van der Waals surface area contributed by atoms with Gasteiger partial charge < -0.3 is 14.6 Å². The first-order chi connectivity index (χ1) is 9.31. The summed E-state index contributed by atoms with van der Waals surface area (Å²) in [5, 5.41) is 7.20. The van der Waals surface area contributed by atoms with E-state index in [0.717, 1.165) is 18.6 Å². The Morgan fingerprint density at radius 2 is 2.26 bits per heavy atom. The first-order valence-corrected chi connectivity index (χ1v) is 6.57. The molecule has 1 aliphatic heterocycles. The molecule has 2 unspecified atom stereocenters. The Kier molecular flexibility index (Phi) is 3.21. The number of benzene rings is 1. The fourth-order valence-corrected chi connectivity index (χ4v) is 2.35. The van der Waals surface area contributed by atoms with Crippen LogP contribution in [0.15, 0.2) is 28.8 Å². The zero-order chi connectivity index (χ0) is 13.2. The van der Waals surface area contributed by atoms with Crippen LogP contribution in [-0.4, -0.2) is 17.2 Å². The predicted octanol–water partition coefficient (Wildman–Crippen LogP) is 2.42. The van der Waals surface area contributed by atoms with Crippen molar-refractivity contribution in [2.45, 2.75) is 31.9 Å². The van der Waals surface area contributed by atoms with Gasteiger partial charge in [-0.2, -0.15) is 4.98 Å². The van der Waals surface area contributed by atoms with E-state index in [1.54, 1.807) is 0 Å². The summed E-state index contributed by atoms with van der Waals surface area (Å²) in [6, 6.07) is 8.12. The molecular formula is C14H17N3O2. The van der Waals surface area contributed by atoms with Crippen LogP contribution < -0.4 is 10.1 Å². The van der Waals surface area contributed by atoms with Gasteiger partial charge in [-0.3, -0.25) is 0 Å². The molecule has 1 aliphatic rings. The minimum atomic E-state index is -0.135. The van der Waals surface area contributed by atoms with E-state index in [4.69, 9.17) is 9.26 Å². The van der Waals surface area contributed by atoms with Crippen LogP contribution >= 0.6 is 0 Å². The maximum atomic E-state index is 5.85. The van der Waals surface area contributed by atoms with Gasteiger partial charge in [-0.25, -0.2) is 0 Å². The minimum absolute atomic E-state index is 0.102. The molecule has 0 saturated heterocycles. The van der Waals surface area contributed by atoms with Gasteiger partial charge in [0.1, 0.15) is 5.75 Å². The van der Waals surface area contributed by atoms with Gasteiger partial charge in [0.15, 0.2) is 6.10 Å². The lowest BCUT2D eigenvalue weighted by Crippen LogP contribution is -2.15. The summed E-state index contributed by atoms with van der Waals surface area (Å²) >= 11 is 0. The summed E-state index contributed by atoms with van der Waals surface area (Å²) in [4.78, 5) is 4.45. The molecule has 3 rings (SSSR count). The van der Waals surface area contributed by atoms with Crippen molar-refractivity contribution in [1.82, 2.24) is 15.5 Å². The molecule has 2 heterocycles. The highest BCUT2D eigenvalue weighted by Gasteiger charge is 2.29. The van der Waals surface area contributed by atoms with Gasteiger partial charge in [0.05, 0.1) is 6.04 Å². The largest absolute Gasteiger partial charge is 0.482 e. The average molecular weight is 259 g/mol. The van der Waals surface area contributed by atoms with Gasteiger partial charge in [0, 0.05) is 6.42 Å². The van der Waals surface area contributed by atoms with E-state index < -0.39 is 0 Å². The van der Waals surface area contributed by atoms with Gasteiger partial charge in [0.25, 0.3) is 0 Å². The number of hydrogen-bond donors (Lipinski definition) is 1. The molecule has 2 atom stereocenters. The summed E-state index contributed by atoms with van der Waals surface area (Å²) < 4.78 is 11.2. The molecule has 0 radical (unpaired) electrons. The number of nitrogens with one attached hydrogen (secondary N) is 1. The van der Waals surface area contributed by atoms with E-state index in [9.17, 15) is 0 Å². The number of fused-ring (bicyclic) bond motifs is 1. The molecule has 0 amide bonds. The molecule has 0 spiro atoms. The van der Waals surface area contributed by atoms with Crippen molar-refractivity contribution >= 4 is 0 Å². The smallest absolute Gasteiger partial charge is 0.243 e. The first-order valence-electron chi connectivity index (χ1n) is 6.57. The highest BCUT2D eigenvalue weighted by Crippen LogP contribution is 2.35. The van der Waals surface area contributed by atoms with E-state index in [0.29, 0.717) is 11.7 Å².